The lowest BCUT2D eigenvalue weighted by Crippen LogP contribution is -2.92. The summed E-state index contributed by atoms with van der Waals surface area (Å²) in [6.07, 6.45) is 0.954. The van der Waals surface area contributed by atoms with Gasteiger partial charge in [0.1, 0.15) is 5.75 Å². The van der Waals surface area contributed by atoms with Crippen molar-refractivity contribution in [2.24, 2.45) is 0 Å². The predicted molar refractivity (Wildman–Crippen MR) is 102 cm³/mol. The Morgan fingerprint density at radius 1 is 1.07 bits per heavy atom. The van der Waals surface area contributed by atoms with Gasteiger partial charge in [-0.25, -0.2) is 9.69 Å². The minimum Gasteiger partial charge on any atom is -0.497 e. The molecule has 0 unspecified atom stereocenters. The quantitative estimate of drug-likeness (QED) is 0.567. The molecule has 7 heteroatoms. The maximum Gasteiger partial charge on any atom is 0.337 e. The average molecular weight is 383 g/mol. The van der Waals surface area contributed by atoms with Crippen LogP contribution in [0.4, 0.5) is 5.69 Å². The van der Waals surface area contributed by atoms with Gasteiger partial charge in [-0.2, -0.15) is 0 Å². The first-order valence-corrected chi connectivity index (χ1v) is 9.05. The summed E-state index contributed by atoms with van der Waals surface area (Å²) in [6, 6.07) is 13.6. The van der Waals surface area contributed by atoms with Gasteiger partial charge in [0, 0.05) is 6.42 Å². The predicted octanol–water partition coefficient (Wildman–Crippen LogP) is 0.920. The number of imide groups is 1. The van der Waals surface area contributed by atoms with Crippen LogP contribution < -0.4 is 15.0 Å². The normalized spacial score (nSPS) is 16.4. The number of methoxy groups -OCH3 is 2. The topological polar surface area (TPSA) is 89.5 Å². The van der Waals surface area contributed by atoms with E-state index in [9.17, 15) is 14.4 Å². The van der Waals surface area contributed by atoms with Gasteiger partial charge in [-0.05, 0) is 42.0 Å². The molecule has 0 radical (unpaired) electrons. The molecular formula is C21H23N2O5+. The molecule has 1 aliphatic heterocycles. The smallest absolute Gasteiger partial charge is 0.337 e. The first kappa shape index (κ1) is 19.6. The molecule has 0 aromatic heterocycles. The van der Waals surface area contributed by atoms with Gasteiger partial charge in [-0.15, -0.1) is 0 Å². The van der Waals surface area contributed by atoms with Crippen molar-refractivity contribution < 1.29 is 29.2 Å². The Morgan fingerprint density at radius 3 is 2.36 bits per heavy atom. The van der Waals surface area contributed by atoms with Crippen molar-refractivity contribution in [2.75, 3.05) is 25.7 Å². The minimum absolute atomic E-state index is 0.167. The highest BCUT2D eigenvalue weighted by Gasteiger charge is 2.42. The number of nitrogens with two attached hydrogens (primary N) is 1. The van der Waals surface area contributed by atoms with E-state index in [1.807, 2.05) is 29.6 Å². The number of hydrogen-bond donors (Lipinski definition) is 1. The number of rotatable bonds is 7. The molecule has 28 heavy (non-hydrogen) atoms. The second-order valence-corrected chi connectivity index (χ2v) is 6.54. The Labute approximate surface area is 163 Å². The van der Waals surface area contributed by atoms with Crippen LogP contribution in [0.1, 0.15) is 22.3 Å². The highest BCUT2D eigenvalue weighted by Crippen LogP contribution is 2.22. The van der Waals surface area contributed by atoms with Crippen LogP contribution in [0.25, 0.3) is 0 Å². The number of amides is 2. The Morgan fingerprint density at radius 2 is 1.75 bits per heavy atom. The molecule has 3 rings (SSSR count). The number of anilines is 1. The molecule has 0 bridgehead atoms. The van der Waals surface area contributed by atoms with E-state index in [-0.39, 0.29) is 18.2 Å². The Balaban J connectivity index is 1.59. The van der Waals surface area contributed by atoms with Gasteiger partial charge in [-0.3, -0.25) is 9.59 Å². The second-order valence-electron chi connectivity index (χ2n) is 6.54. The van der Waals surface area contributed by atoms with Crippen molar-refractivity contribution in [2.45, 2.75) is 18.9 Å². The fraction of sp³-hybridized carbons (Fsp3) is 0.286. The van der Waals surface area contributed by atoms with Gasteiger partial charge in [0.05, 0.1) is 38.4 Å². The van der Waals surface area contributed by atoms with E-state index in [2.05, 4.69) is 4.74 Å². The van der Waals surface area contributed by atoms with E-state index in [0.29, 0.717) is 17.8 Å². The highest BCUT2D eigenvalue weighted by atomic mass is 16.5. The molecule has 1 aliphatic rings. The molecule has 1 fully saturated rings. The molecule has 0 saturated carbocycles. The third-order valence-electron chi connectivity index (χ3n) is 4.77. The first-order chi connectivity index (χ1) is 13.5. The van der Waals surface area contributed by atoms with Crippen LogP contribution in [0.5, 0.6) is 5.75 Å². The summed E-state index contributed by atoms with van der Waals surface area (Å²) in [7, 11) is 2.93. The molecule has 1 heterocycles. The van der Waals surface area contributed by atoms with Crippen LogP contribution in [0.3, 0.4) is 0 Å². The largest absolute Gasteiger partial charge is 0.497 e. The van der Waals surface area contributed by atoms with Gasteiger partial charge < -0.3 is 14.8 Å². The number of benzene rings is 2. The number of hydrogen-bond acceptors (Lipinski definition) is 5. The minimum atomic E-state index is -0.463. The van der Waals surface area contributed by atoms with Crippen LogP contribution in [-0.2, 0) is 20.7 Å². The van der Waals surface area contributed by atoms with Gasteiger partial charge in [-0.1, -0.05) is 12.1 Å². The molecule has 146 valence electrons. The van der Waals surface area contributed by atoms with E-state index < -0.39 is 12.0 Å². The van der Waals surface area contributed by atoms with Crippen molar-refractivity contribution in [3.05, 3.63) is 59.7 Å². The number of quaternary nitrogens is 1. The molecule has 2 aromatic carbocycles. The van der Waals surface area contributed by atoms with Crippen LogP contribution in [0.15, 0.2) is 48.5 Å². The SMILES string of the molecule is COC(=O)c1ccc(N2C(=O)C[C@@H]([NH2+]CCc3ccc(OC)cc3)C2=O)cc1. The van der Waals surface area contributed by atoms with Crippen LogP contribution >= 0.6 is 0 Å². The van der Waals surface area contributed by atoms with Crippen molar-refractivity contribution in [1.82, 2.24) is 0 Å². The number of carbonyl (C=O) groups excluding carboxylic acids is 3. The van der Waals surface area contributed by atoms with Crippen LogP contribution in [0, 0.1) is 0 Å². The molecule has 1 atom stereocenters. The molecule has 2 aromatic rings. The third-order valence-corrected chi connectivity index (χ3v) is 4.77. The van der Waals surface area contributed by atoms with E-state index in [1.165, 1.54) is 12.0 Å². The van der Waals surface area contributed by atoms with Gasteiger partial charge in [0.25, 0.3) is 5.91 Å². The monoisotopic (exact) mass is 383 g/mol. The Kier molecular flexibility index (Phi) is 6.06. The van der Waals surface area contributed by atoms with Crippen molar-refractivity contribution >= 4 is 23.5 Å². The van der Waals surface area contributed by atoms with Gasteiger partial charge in [0.15, 0.2) is 6.04 Å². The third kappa shape index (κ3) is 4.20. The average Bonchev–Trinajstić information content (AvgIpc) is 3.01. The summed E-state index contributed by atoms with van der Waals surface area (Å²) in [5.41, 5.74) is 1.98. The second kappa shape index (κ2) is 8.67. The van der Waals surface area contributed by atoms with Crippen LogP contribution in [0.2, 0.25) is 0 Å². The van der Waals surface area contributed by atoms with E-state index >= 15 is 0 Å². The molecule has 0 spiro atoms. The molecule has 2 N–H and O–H groups in total. The zero-order chi connectivity index (χ0) is 20.1. The van der Waals surface area contributed by atoms with Gasteiger partial charge >= 0.3 is 5.97 Å². The summed E-state index contributed by atoms with van der Waals surface area (Å²) in [5, 5.41) is 1.91. The summed E-state index contributed by atoms with van der Waals surface area (Å²) >= 11 is 0. The maximum atomic E-state index is 12.7. The molecule has 0 aliphatic carbocycles. The molecule has 1 saturated heterocycles. The lowest BCUT2D eigenvalue weighted by molar-refractivity contribution is -0.674. The Hall–Kier alpha value is -3.19. The summed E-state index contributed by atoms with van der Waals surface area (Å²) in [5.74, 6) is -0.124. The molecule has 2 amide bonds. The zero-order valence-electron chi connectivity index (χ0n) is 15.9. The van der Waals surface area contributed by atoms with Gasteiger partial charge in [0.2, 0.25) is 5.91 Å². The molecule has 7 nitrogen and oxygen atoms in total. The van der Waals surface area contributed by atoms with Crippen LogP contribution in [-0.4, -0.2) is 44.6 Å². The lowest BCUT2D eigenvalue weighted by Gasteiger charge is -2.14. The molecular weight excluding hydrogens is 360 g/mol. The zero-order valence-corrected chi connectivity index (χ0v) is 15.9. The number of ether oxygens (including phenoxy) is 2. The van der Waals surface area contributed by atoms with Crippen molar-refractivity contribution in [3.8, 4) is 5.75 Å². The van der Waals surface area contributed by atoms with E-state index in [1.54, 1.807) is 31.4 Å². The summed E-state index contributed by atoms with van der Waals surface area (Å²) in [6.45, 7) is 0.700. The number of carbonyl (C=O) groups is 3. The lowest BCUT2D eigenvalue weighted by atomic mass is 10.1. The standard InChI is InChI=1S/C21H22N2O5/c1-27-17-9-3-14(4-10-17)11-12-22-18-13-19(24)23(20(18)25)16-7-5-15(6-8-16)21(26)28-2/h3-10,18,22H,11-13H2,1-2H3/p+1/t18-/m1/s1. The van der Waals surface area contributed by atoms with Crippen molar-refractivity contribution in [3.63, 3.8) is 0 Å². The first-order valence-electron chi connectivity index (χ1n) is 9.05. The fourth-order valence-electron chi connectivity index (χ4n) is 3.22. The highest BCUT2D eigenvalue weighted by molar-refractivity contribution is 6.21. The van der Waals surface area contributed by atoms with Crippen molar-refractivity contribution in [1.29, 1.82) is 0 Å². The summed E-state index contributed by atoms with van der Waals surface area (Å²) in [4.78, 5) is 37.7. The Bertz CT molecular complexity index is 861. The van der Waals surface area contributed by atoms with E-state index in [4.69, 9.17) is 4.74 Å². The maximum absolute atomic E-state index is 12.7. The fourth-order valence-corrected chi connectivity index (χ4v) is 3.22. The number of nitrogens with zero attached hydrogens (tertiary/aromatic N) is 1. The van der Waals surface area contributed by atoms with E-state index in [0.717, 1.165) is 17.7 Å². The summed E-state index contributed by atoms with van der Waals surface area (Å²) < 4.78 is 9.80. The number of esters is 1.